The maximum atomic E-state index is 12.3. The van der Waals surface area contributed by atoms with Gasteiger partial charge in [0.15, 0.2) is 0 Å². The van der Waals surface area contributed by atoms with E-state index in [4.69, 9.17) is 10.5 Å². The van der Waals surface area contributed by atoms with Crippen LogP contribution in [-0.4, -0.2) is 18.6 Å². The van der Waals surface area contributed by atoms with E-state index < -0.39 is 12.5 Å². The molecule has 0 aliphatic rings. The van der Waals surface area contributed by atoms with Crippen LogP contribution in [0.1, 0.15) is 11.6 Å². The van der Waals surface area contributed by atoms with Crippen molar-refractivity contribution in [3.63, 3.8) is 0 Å². The zero-order valence-corrected chi connectivity index (χ0v) is 8.80. The molecule has 3 N–H and O–H groups in total. The van der Waals surface area contributed by atoms with Gasteiger partial charge in [-0.25, -0.2) is 8.78 Å². The van der Waals surface area contributed by atoms with Gasteiger partial charge in [0.1, 0.15) is 11.5 Å². The molecular formula is C9H12ClF2NO2. The van der Waals surface area contributed by atoms with Crippen molar-refractivity contribution in [3.05, 3.63) is 23.8 Å². The van der Waals surface area contributed by atoms with Crippen molar-refractivity contribution in [1.82, 2.24) is 0 Å². The number of methoxy groups -OCH3 is 1. The number of rotatable bonds is 3. The first-order valence-corrected chi connectivity index (χ1v) is 3.97. The lowest BCUT2D eigenvalue weighted by Crippen LogP contribution is -2.19. The predicted octanol–water partition coefficient (Wildman–Crippen LogP) is 2.09. The summed E-state index contributed by atoms with van der Waals surface area (Å²) < 4.78 is 29.3. The molecule has 0 saturated carbocycles. The van der Waals surface area contributed by atoms with Crippen LogP contribution in [0.15, 0.2) is 18.2 Å². The summed E-state index contributed by atoms with van der Waals surface area (Å²) in [6.07, 6.45) is -2.71. The minimum absolute atomic E-state index is 0. The smallest absolute Gasteiger partial charge is 0.257 e. The van der Waals surface area contributed by atoms with Gasteiger partial charge in [-0.3, -0.25) is 0 Å². The summed E-state index contributed by atoms with van der Waals surface area (Å²) >= 11 is 0. The fraction of sp³-hybridized carbons (Fsp3) is 0.333. The number of ether oxygens (including phenoxy) is 1. The topological polar surface area (TPSA) is 55.5 Å². The molecule has 0 spiro atoms. The highest BCUT2D eigenvalue weighted by molar-refractivity contribution is 5.85. The summed E-state index contributed by atoms with van der Waals surface area (Å²) in [5.74, 6) is 0.132. The van der Waals surface area contributed by atoms with Crippen LogP contribution in [-0.2, 0) is 0 Å². The van der Waals surface area contributed by atoms with Gasteiger partial charge in [0.25, 0.3) is 6.43 Å². The highest BCUT2D eigenvalue weighted by Gasteiger charge is 2.21. The fourth-order valence-electron chi connectivity index (χ4n) is 1.06. The Bertz CT molecular complexity index is 323. The number of phenolic OH excluding ortho intramolecular Hbond substituents is 1. The largest absolute Gasteiger partial charge is 0.508 e. The Hall–Kier alpha value is -1.07. The van der Waals surface area contributed by atoms with Gasteiger partial charge in [-0.1, -0.05) is 0 Å². The molecular weight excluding hydrogens is 228 g/mol. The summed E-state index contributed by atoms with van der Waals surface area (Å²) in [5, 5.41) is 9.28. The van der Waals surface area contributed by atoms with Crippen molar-refractivity contribution in [1.29, 1.82) is 0 Å². The number of nitrogens with two attached hydrogens (primary N) is 1. The standard InChI is InChI=1S/C9H11F2NO2.ClH/c1-14-5-2-3-7(13)6(4-5)8(12)9(10)11;/h2-4,8-9,13H,12H2,1H3;1H/t8-;/m0./s1. The lowest BCUT2D eigenvalue weighted by molar-refractivity contribution is 0.115. The number of alkyl halides is 2. The molecule has 0 bridgehead atoms. The van der Waals surface area contributed by atoms with Crippen LogP contribution >= 0.6 is 12.4 Å². The number of hydrogen-bond acceptors (Lipinski definition) is 3. The lowest BCUT2D eigenvalue weighted by Gasteiger charge is -2.13. The molecule has 0 aromatic heterocycles. The second kappa shape index (κ2) is 5.72. The average molecular weight is 240 g/mol. The molecule has 0 amide bonds. The molecule has 15 heavy (non-hydrogen) atoms. The van der Waals surface area contributed by atoms with Crippen molar-refractivity contribution in [2.45, 2.75) is 12.5 Å². The molecule has 6 heteroatoms. The molecule has 0 aliphatic carbocycles. The van der Waals surface area contributed by atoms with Crippen molar-refractivity contribution in [3.8, 4) is 11.5 Å². The van der Waals surface area contributed by atoms with Gasteiger partial charge >= 0.3 is 0 Å². The van der Waals surface area contributed by atoms with Crippen LogP contribution in [0.25, 0.3) is 0 Å². The average Bonchev–Trinajstić information content (AvgIpc) is 2.17. The minimum atomic E-state index is -2.71. The molecule has 1 atom stereocenters. The van der Waals surface area contributed by atoms with Gasteiger partial charge in [-0.05, 0) is 18.2 Å². The van der Waals surface area contributed by atoms with Gasteiger partial charge in [-0.15, -0.1) is 12.4 Å². The number of aromatic hydroxyl groups is 1. The minimum Gasteiger partial charge on any atom is -0.508 e. The quantitative estimate of drug-likeness (QED) is 0.849. The van der Waals surface area contributed by atoms with E-state index in [9.17, 15) is 13.9 Å². The van der Waals surface area contributed by atoms with Crippen molar-refractivity contribution >= 4 is 12.4 Å². The maximum Gasteiger partial charge on any atom is 0.257 e. The molecule has 1 aromatic rings. The molecule has 0 unspecified atom stereocenters. The molecule has 0 heterocycles. The van der Waals surface area contributed by atoms with Gasteiger partial charge in [0.2, 0.25) is 0 Å². The Morgan fingerprint density at radius 1 is 1.40 bits per heavy atom. The van der Waals surface area contributed by atoms with Gasteiger partial charge in [-0.2, -0.15) is 0 Å². The molecule has 86 valence electrons. The maximum absolute atomic E-state index is 12.3. The zero-order valence-electron chi connectivity index (χ0n) is 7.98. The molecule has 0 fully saturated rings. The first-order chi connectivity index (χ1) is 6.56. The molecule has 1 rings (SSSR count). The monoisotopic (exact) mass is 239 g/mol. The molecule has 0 aliphatic heterocycles. The van der Waals surface area contributed by atoms with E-state index in [-0.39, 0.29) is 23.7 Å². The highest BCUT2D eigenvalue weighted by Crippen LogP contribution is 2.30. The number of benzene rings is 1. The van der Waals surface area contributed by atoms with Crippen LogP contribution in [0, 0.1) is 0 Å². The Morgan fingerprint density at radius 2 is 2.00 bits per heavy atom. The second-order valence-electron chi connectivity index (χ2n) is 2.78. The van der Waals surface area contributed by atoms with Crippen LogP contribution in [0.5, 0.6) is 11.5 Å². The summed E-state index contributed by atoms with van der Waals surface area (Å²) in [6.45, 7) is 0. The van der Waals surface area contributed by atoms with Gasteiger partial charge in [0.05, 0.1) is 13.2 Å². The Balaban J connectivity index is 0.00000196. The normalized spacial score (nSPS) is 12.1. The summed E-state index contributed by atoms with van der Waals surface area (Å²) in [5.41, 5.74) is 5.18. The van der Waals surface area contributed by atoms with Crippen LogP contribution in [0.4, 0.5) is 8.78 Å². The fourth-order valence-corrected chi connectivity index (χ4v) is 1.06. The third kappa shape index (κ3) is 3.21. The Kier molecular flexibility index (Phi) is 5.32. The van der Waals surface area contributed by atoms with E-state index in [0.29, 0.717) is 5.75 Å². The van der Waals surface area contributed by atoms with Crippen molar-refractivity contribution in [2.75, 3.05) is 7.11 Å². The van der Waals surface area contributed by atoms with E-state index >= 15 is 0 Å². The van der Waals surface area contributed by atoms with Crippen LogP contribution in [0.3, 0.4) is 0 Å². The van der Waals surface area contributed by atoms with Crippen molar-refractivity contribution < 1.29 is 18.6 Å². The molecule has 0 radical (unpaired) electrons. The van der Waals surface area contributed by atoms with E-state index in [0.717, 1.165) is 0 Å². The summed E-state index contributed by atoms with van der Waals surface area (Å²) in [4.78, 5) is 0. The predicted molar refractivity (Wildman–Crippen MR) is 54.8 cm³/mol. The van der Waals surface area contributed by atoms with Gasteiger partial charge in [0, 0.05) is 5.56 Å². The third-order valence-corrected chi connectivity index (χ3v) is 1.87. The van der Waals surface area contributed by atoms with E-state index in [1.165, 1.54) is 25.3 Å². The van der Waals surface area contributed by atoms with E-state index in [1.54, 1.807) is 0 Å². The number of phenols is 1. The number of hydrogen-bond donors (Lipinski definition) is 2. The highest BCUT2D eigenvalue weighted by atomic mass is 35.5. The van der Waals surface area contributed by atoms with E-state index in [2.05, 4.69) is 0 Å². The third-order valence-electron chi connectivity index (χ3n) is 1.87. The molecule has 1 aromatic carbocycles. The van der Waals surface area contributed by atoms with Crippen molar-refractivity contribution in [2.24, 2.45) is 5.73 Å². The number of halogens is 3. The van der Waals surface area contributed by atoms with Gasteiger partial charge < -0.3 is 15.6 Å². The first-order valence-electron chi connectivity index (χ1n) is 3.97. The Morgan fingerprint density at radius 3 is 2.47 bits per heavy atom. The lowest BCUT2D eigenvalue weighted by atomic mass is 10.1. The second-order valence-corrected chi connectivity index (χ2v) is 2.78. The van der Waals surface area contributed by atoms with E-state index in [1.807, 2.05) is 0 Å². The Labute approximate surface area is 92.3 Å². The summed E-state index contributed by atoms with van der Waals surface area (Å²) in [6, 6.07) is 2.55. The van der Waals surface area contributed by atoms with Crippen LogP contribution < -0.4 is 10.5 Å². The molecule has 0 saturated heterocycles. The molecule has 3 nitrogen and oxygen atoms in total. The SMILES string of the molecule is COc1ccc(O)c([C@H](N)C(F)F)c1.Cl. The first kappa shape index (κ1) is 13.9. The summed E-state index contributed by atoms with van der Waals surface area (Å²) in [7, 11) is 1.41. The zero-order chi connectivity index (χ0) is 10.7. The van der Waals surface area contributed by atoms with Crippen LogP contribution in [0.2, 0.25) is 0 Å².